The van der Waals surface area contributed by atoms with E-state index in [9.17, 15) is 9.18 Å². The van der Waals surface area contributed by atoms with Crippen LogP contribution in [0.5, 0.6) is 0 Å². The van der Waals surface area contributed by atoms with Crippen molar-refractivity contribution in [3.8, 4) is 0 Å². The van der Waals surface area contributed by atoms with Crippen LogP contribution < -0.4 is 16.8 Å². The van der Waals surface area contributed by atoms with Gasteiger partial charge in [0.15, 0.2) is 0 Å². The highest BCUT2D eigenvalue weighted by Gasteiger charge is 2.22. The number of halogens is 1. The third-order valence-electron chi connectivity index (χ3n) is 3.79. The fourth-order valence-electron chi connectivity index (χ4n) is 2.74. The number of carbonyl (C=O) groups is 1. The van der Waals surface area contributed by atoms with Crippen molar-refractivity contribution >= 4 is 28.6 Å². The molecule has 5 N–H and O–H groups in total. The van der Waals surface area contributed by atoms with Crippen molar-refractivity contribution in [2.45, 2.75) is 25.3 Å². The molecule has 1 aliphatic carbocycles. The Morgan fingerprint density at radius 1 is 1.43 bits per heavy atom. The molecule has 1 aliphatic rings. The van der Waals surface area contributed by atoms with Gasteiger partial charge in [-0.15, -0.1) is 11.3 Å². The molecular formula is C15H16FN3OS. The van der Waals surface area contributed by atoms with Crippen LogP contribution in [0.1, 0.15) is 39.7 Å². The van der Waals surface area contributed by atoms with Crippen molar-refractivity contribution in [2.24, 2.45) is 5.73 Å². The summed E-state index contributed by atoms with van der Waals surface area (Å²) >= 11 is 1.73. The topological polar surface area (TPSA) is 81.1 Å². The molecule has 110 valence electrons. The van der Waals surface area contributed by atoms with Gasteiger partial charge < -0.3 is 16.8 Å². The molecule has 0 spiro atoms. The second-order valence-corrected chi connectivity index (χ2v) is 6.17. The lowest BCUT2D eigenvalue weighted by atomic mass is 9.93. The Kier molecular flexibility index (Phi) is 3.55. The maximum absolute atomic E-state index is 14.1. The molecule has 6 heteroatoms. The van der Waals surface area contributed by atoms with Crippen LogP contribution in [0.2, 0.25) is 0 Å². The molecule has 0 radical (unpaired) electrons. The van der Waals surface area contributed by atoms with Crippen LogP contribution in [-0.4, -0.2) is 5.91 Å². The minimum absolute atomic E-state index is 0.0545. The van der Waals surface area contributed by atoms with E-state index in [0.29, 0.717) is 0 Å². The van der Waals surface area contributed by atoms with Gasteiger partial charge in [0.05, 0.1) is 17.3 Å². The summed E-state index contributed by atoms with van der Waals surface area (Å²) in [6.07, 6.45) is 3.06. The molecule has 1 heterocycles. The summed E-state index contributed by atoms with van der Waals surface area (Å²) in [5.41, 5.74) is 12.6. The van der Waals surface area contributed by atoms with Crippen molar-refractivity contribution in [1.29, 1.82) is 0 Å². The van der Waals surface area contributed by atoms with Gasteiger partial charge in [-0.3, -0.25) is 4.79 Å². The molecule has 1 atom stereocenters. The summed E-state index contributed by atoms with van der Waals surface area (Å²) < 4.78 is 14.1. The molecular weight excluding hydrogens is 289 g/mol. The minimum Gasteiger partial charge on any atom is -0.398 e. The van der Waals surface area contributed by atoms with Crippen molar-refractivity contribution < 1.29 is 9.18 Å². The third-order valence-corrected chi connectivity index (χ3v) is 4.78. The van der Waals surface area contributed by atoms with E-state index in [2.05, 4.69) is 16.8 Å². The number of amides is 1. The quantitative estimate of drug-likeness (QED) is 0.762. The Morgan fingerprint density at radius 3 is 3.00 bits per heavy atom. The number of carbonyl (C=O) groups excluding carboxylic acids is 1. The molecule has 21 heavy (non-hydrogen) atoms. The van der Waals surface area contributed by atoms with Crippen molar-refractivity contribution in [3.05, 3.63) is 45.4 Å². The lowest BCUT2D eigenvalue weighted by Gasteiger charge is -2.25. The van der Waals surface area contributed by atoms with Gasteiger partial charge in [0.2, 0.25) is 0 Å². The standard InChI is InChI=1S/C15H16FN3OS/c16-10-7-11(17)9(15(18)20)6-13(10)19-12-2-1-3-14-8(12)4-5-21-14/h4-7,12,19H,1-3,17H2,(H2,18,20). The minimum atomic E-state index is -0.657. The summed E-state index contributed by atoms with van der Waals surface area (Å²) in [4.78, 5) is 12.7. The Hall–Kier alpha value is -2.08. The predicted octanol–water partition coefficient (Wildman–Crippen LogP) is 3.06. The number of fused-ring (bicyclic) bond motifs is 1. The fourth-order valence-corrected chi connectivity index (χ4v) is 3.72. The molecule has 0 fully saturated rings. The van der Waals surface area contributed by atoms with E-state index in [1.54, 1.807) is 11.3 Å². The highest BCUT2D eigenvalue weighted by atomic mass is 32.1. The first-order chi connectivity index (χ1) is 10.1. The van der Waals surface area contributed by atoms with Crippen LogP contribution >= 0.6 is 11.3 Å². The second kappa shape index (κ2) is 5.37. The van der Waals surface area contributed by atoms with Gasteiger partial charge in [-0.2, -0.15) is 0 Å². The summed E-state index contributed by atoms with van der Waals surface area (Å²) in [6, 6.07) is 4.66. The van der Waals surface area contributed by atoms with E-state index in [0.717, 1.165) is 25.3 Å². The molecule has 0 bridgehead atoms. The highest BCUT2D eigenvalue weighted by molar-refractivity contribution is 7.10. The van der Waals surface area contributed by atoms with Crippen LogP contribution in [0.4, 0.5) is 15.8 Å². The fraction of sp³-hybridized carbons (Fsp3) is 0.267. The molecule has 3 rings (SSSR count). The van der Waals surface area contributed by atoms with Gasteiger partial charge in [0, 0.05) is 10.6 Å². The maximum Gasteiger partial charge on any atom is 0.250 e. The Balaban J connectivity index is 1.93. The van der Waals surface area contributed by atoms with Gasteiger partial charge in [0.1, 0.15) is 5.82 Å². The Labute approximate surface area is 126 Å². The van der Waals surface area contributed by atoms with E-state index in [1.807, 2.05) is 0 Å². The molecule has 1 amide bonds. The first kappa shape index (κ1) is 13.9. The SMILES string of the molecule is NC(=O)c1cc(NC2CCCc3sccc32)c(F)cc1N. The third kappa shape index (κ3) is 2.58. The number of nitrogens with one attached hydrogen (secondary N) is 1. The first-order valence-corrected chi connectivity index (χ1v) is 7.66. The lowest BCUT2D eigenvalue weighted by molar-refractivity contribution is 0.100. The Bertz CT molecular complexity index is 698. The van der Waals surface area contributed by atoms with E-state index < -0.39 is 11.7 Å². The average molecular weight is 305 g/mol. The maximum atomic E-state index is 14.1. The second-order valence-electron chi connectivity index (χ2n) is 5.17. The first-order valence-electron chi connectivity index (χ1n) is 6.78. The van der Waals surface area contributed by atoms with Crippen molar-refractivity contribution in [1.82, 2.24) is 0 Å². The zero-order valence-electron chi connectivity index (χ0n) is 11.4. The number of primary amides is 1. The molecule has 2 aromatic rings. The number of benzene rings is 1. The number of hydrogen-bond acceptors (Lipinski definition) is 4. The van der Waals surface area contributed by atoms with Gasteiger partial charge >= 0.3 is 0 Å². The lowest BCUT2D eigenvalue weighted by Crippen LogP contribution is -2.18. The van der Waals surface area contributed by atoms with Crippen LogP contribution in [0.15, 0.2) is 23.6 Å². The van der Waals surface area contributed by atoms with Gasteiger partial charge in [0.25, 0.3) is 5.91 Å². The normalized spacial score (nSPS) is 17.3. The summed E-state index contributed by atoms with van der Waals surface area (Å²) in [5, 5.41) is 5.24. The monoisotopic (exact) mass is 305 g/mol. The largest absolute Gasteiger partial charge is 0.398 e. The molecule has 0 saturated carbocycles. The van der Waals surface area contributed by atoms with E-state index in [4.69, 9.17) is 11.5 Å². The van der Waals surface area contributed by atoms with Crippen LogP contribution in [0, 0.1) is 5.82 Å². The number of nitrogen functional groups attached to an aromatic ring is 1. The number of rotatable bonds is 3. The summed E-state index contributed by atoms with van der Waals surface area (Å²) in [5.74, 6) is -1.13. The van der Waals surface area contributed by atoms with Gasteiger partial charge in [-0.05, 0) is 48.4 Å². The average Bonchev–Trinajstić information content (AvgIpc) is 2.90. The zero-order valence-corrected chi connectivity index (χ0v) is 12.2. The molecule has 0 aliphatic heterocycles. The van der Waals surface area contributed by atoms with E-state index >= 15 is 0 Å². The zero-order chi connectivity index (χ0) is 15.0. The number of thiophene rings is 1. The molecule has 1 unspecified atom stereocenters. The van der Waals surface area contributed by atoms with Crippen LogP contribution in [0.3, 0.4) is 0 Å². The smallest absolute Gasteiger partial charge is 0.250 e. The number of anilines is 2. The number of aryl methyl sites for hydroxylation is 1. The predicted molar refractivity (Wildman–Crippen MR) is 83.0 cm³/mol. The van der Waals surface area contributed by atoms with E-state index in [-0.39, 0.29) is 23.0 Å². The summed E-state index contributed by atoms with van der Waals surface area (Å²) in [7, 11) is 0. The number of nitrogens with two attached hydrogens (primary N) is 2. The van der Waals surface area contributed by atoms with E-state index in [1.165, 1.54) is 16.5 Å². The van der Waals surface area contributed by atoms with Crippen molar-refractivity contribution in [2.75, 3.05) is 11.1 Å². The van der Waals surface area contributed by atoms with Gasteiger partial charge in [-0.25, -0.2) is 4.39 Å². The Morgan fingerprint density at radius 2 is 2.24 bits per heavy atom. The van der Waals surface area contributed by atoms with Crippen LogP contribution in [-0.2, 0) is 6.42 Å². The molecule has 1 aromatic heterocycles. The molecule has 4 nitrogen and oxygen atoms in total. The van der Waals surface area contributed by atoms with Crippen molar-refractivity contribution in [3.63, 3.8) is 0 Å². The van der Waals surface area contributed by atoms with Crippen LogP contribution in [0.25, 0.3) is 0 Å². The van der Waals surface area contributed by atoms with Gasteiger partial charge in [-0.1, -0.05) is 0 Å². The molecule has 0 saturated heterocycles. The highest BCUT2D eigenvalue weighted by Crippen LogP contribution is 2.36. The number of hydrogen-bond donors (Lipinski definition) is 3. The summed E-state index contributed by atoms with van der Waals surface area (Å²) in [6.45, 7) is 0. The molecule has 1 aromatic carbocycles.